The molecule has 9 unspecified atom stereocenters. The number of esters is 1. The molecule has 9 atom stereocenters. The van der Waals surface area contributed by atoms with Gasteiger partial charge in [0.15, 0.2) is 5.75 Å². The number of unbranched alkanes of at least 4 members (excludes halogenated alkanes) is 1. The van der Waals surface area contributed by atoms with Crippen LogP contribution in [-0.2, 0) is 28.6 Å². The number of amides is 1. The van der Waals surface area contributed by atoms with Crippen molar-refractivity contribution in [1.29, 1.82) is 0 Å². The number of carbonyl (C=O) groups is 3. The number of phenolic OH excluding ortho intramolecular Hbond substituents is 3. The number of nitrogens with zero attached hydrogens (tertiary/aromatic N) is 1. The van der Waals surface area contributed by atoms with Crippen molar-refractivity contribution in [3.8, 4) is 23.0 Å². The molecule has 5 rings (SSSR count). The number of aromatic hydroxyl groups is 3. The number of rotatable bonds is 8. The minimum atomic E-state index is -2.06. The molecule has 0 saturated carbocycles. The molecule has 3 aliphatic rings. The summed E-state index contributed by atoms with van der Waals surface area (Å²) < 4.78 is 23.5. The third kappa shape index (κ3) is 9.75. The summed E-state index contributed by atoms with van der Waals surface area (Å²) >= 11 is 0. The summed E-state index contributed by atoms with van der Waals surface area (Å²) in [5, 5.41) is 64.0. The van der Waals surface area contributed by atoms with E-state index in [0.717, 1.165) is 19.1 Å². The van der Waals surface area contributed by atoms with E-state index < -0.39 is 88.8 Å². The average molecular weight is 823 g/mol. The third-order valence-electron chi connectivity index (χ3n) is 11.1. The Bertz CT molecular complexity index is 2050. The van der Waals surface area contributed by atoms with Crippen LogP contribution >= 0.6 is 0 Å². The number of phenols is 3. The van der Waals surface area contributed by atoms with E-state index in [2.05, 4.69) is 10.5 Å². The number of anilines is 1. The van der Waals surface area contributed by atoms with Crippen molar-refractivity contribution in [1.82, 2.24) is 0 Å². The zero-order valence-corrected chi connectivity index (χ0v) is 35.3. The topological polar surface area (TPSA) is 223 Å². The van der Waals surface area contributed by atoms with E-state index >= 15 is 0 Å². The molecule has 15 heteroatoms. The molecule has 0 aliphatic carbocycles. The number of methoxy groups -OCH3 is 1. The highest BCUT2D eigenvalue weighted by molar-refractivity contribution is 6.23. The van der Waals surface area contributed by atoms with Crippen molar-refractivity contribution >= 4 is 40.3 Å². The minimum absolute atomic E-state index is 0.0326. The molecular weight excluding hydrogens is 764 g/mol. The van der Waals surface area contributed by atoms with Crippen LogP contribution in [0.4, 0.5) is 5.69 Å². The van der Waals surface area contributed by atoms with Gasteiger partial charge in [-0.2, -0.15) is 0 Å². The molecule has 6 N–H and O–H groups in total. The molecule has 322 valence electrons. The van der Waals surface area contributed by atoms with Gasteiger partial charge >= 0.3 is 11.8 Å². The third-order valence-corrected chi connectivity index (χ3v) is 11.1. The van der Waals surface area contributed by atoms with Crippen molar-refractivity contribution in [2.24, 2.45) is 28.8 Å². The Labute approximate surface area is 344 Å². The molecule has 5 bridgehead atoms. The van der Waals surface area contributed by atoms with Gasteiger partial charge in [-0.25, -0.2) is 0 Å². The lowest BCUT2D eigenvalue weighted by molar-refractivity contribution is -0.160. The van der Waals surface area contributed by atoms with Crippen molar-refractivity contribution in [3.63, 3.8) is 0 Å². The molecule has 2 aromatic rings. The van der Waals surface area contributed by atoms with E-state index in [4.69, 9.17) is 23.8 Å². The fourth-order valence-electron chi connectivity index (χ4n) is 7.40. The summed E-state index contributed by atoms with van der Waals surface area (Å²) in [5.74, 6) is -8.66. The van der Waals surface area contributed by atoms with E-state index in [1.165, 1.54) is 53.2 Å². The van der Waals surface area contributed by atoms with Crippen LogP contribution in [0, 0.1) is 30.6 Å². The number of ketones is 1. The quantitative estimate of drug-likeness (QED) is 0.0320. The summed E-state index contributed by atoms with van der Waals surface area (Å²) in [7, 11) is 1.43. The van der Waals surface area contributed by atoms with E-state index in [1.54, 1.807) is 45.9 Å². The van der Waals surface area contributed by atoms with Gasteiger partial charge in [-0.15, -0.1) is 0 Å². The largest absolute Gasteiger partial charge is 0.507 e. The van der Waals surface area contributed by atoms with Gasteiger partial charge in [0, 0.05) is 61.2 Å². The molecule has 0 spiro atoms. The highest BCUT2D eigenvalue weighted by Crippen LogP contribution is 2.55. The molecule has 1 amide bonds. The van der Waals surface area contributed by atoms with Gasteiger partial charge in [-0.3, -0.25) is 14.4 Å². The Morgan fingerprint density at radius 2 is 1.66 bits per heavy atom. The van der Waals surface area contributed by atoms with Crippen LogP contribution in [-0.4, -0.2) is 93.3 Å². The van der Waals surface area contributed by atoms with Gasteiger partial charge in [-0.1, -0.05) is 70.5 Å². The number of oxime groups is 1. The van der Waals surface area contributed by atoms with Crippen LogP contribution in [0.25, 0.3) is 10.8 Å². The Kier molecular flexibility index (Phi) is 15.4. The fraction of sp³-hybridized carbons (Fsp3) is 0.500. The molecule has 0 saturated heterocycles. The van der Waals surface area contributed by atoms with Gasteiger partial charge in [0.05, 0.1) is 53.0 Å². The summed E-state index contributed by atoms with van der Waals surface area (Å²) in [6.07, 6.45) is 9.94. The standard InChI is InChI=1S/C44H58N2O13/c1-11-12-13-14-19-57-45-21-29-34-39(52)32-31(38(29)51)33-41(27(7)37(32)50)59-44(9,42(33)53)56-20-18-30(55-10)24(4)40(58-28(8)47)26(6)36(49)25(5)35(48)22(2)16-15-17-23(3)43(54)46-34/h13-18,20-22,24-26,30,35-36,40,48-52H,11-12,19H2,1-10H3,(H,46,54)/b14-13+,16-15+,20-18+,23-17+,45-21+. The van der Waals surface area contributed by atoms with Gasteiger partial charge in [0.25, 0.3) is 11.7 Å². The van der Waals surface area contributed by atoms with Gasteiger partial charge < -0.3 is 54.6 Å². The van der Waals surface area contributed by atoms with Crippen LogP contribution in [0.1, 0.15) is 89.7 Å². The SMILES string of the molecule is CCC/C=C/CO/N=C/c1c2c(O)c3c(O)c(C)c4c(c3c1O)C(=O)C(C)(O/C=C/C(OC)C(C)C(OC(C)=O)C(C)C(O)C(C)C(O)C(C)/C=C/C=C(\C)C(=O)N2)O4. The monoisotopic (exact) mass is 822 g/mol. The number of hydrogen-bond donors (Lipinski definition) is 6. The van der Waals surface area contributed by atoms with Crippen LogP contribution in [0.3, 0.4) is 0 Å². The number of aliphatic hydroxyl groups excluding tert-OH is 2. The highest BCUT2D eigenvalue weighted by Gasteiger charge is 2.50. The Morgan fingerprint density at radius 3 is 2.31 bits per heavy atom. The fourth-order valence-corrected chi connectivity index (χ4v) is 7.40. The van der Waals surface area contributed by atoms with Gasteiger partial charge in [0.1, 0.15) is 30.0 Å². The van der Waals surface area contributed by atoms with Crippen molar-refractivity contribution in [3.05, 3.63) is 65.0 Å². The minimum Gasteiger partial charge on any atom is -0.507 e. The summed E-state index contributed by atoms with van der Waals surface area (Å²) in [4.78, 5) is 45.7. The number of fused-ring (bicyclic) bond motifs is 14. The second-order valence-electron chi connectivity index (χ2n) is 15.4. The maximum absolute atomic E-state index is 14.4. The molecule has 15 nitrogen and oxygen atoms in total. The number of Topliss-reactive ketones (excluding diaryl/α,β-unsaturated/α-hetero) is 1. The van der Waals surface area contributed by atoms with E-state index in [1.807, 2.05) is 13.0 Å². The Balaban J connectivity index is 1.95. The first kappa shape index (κ1) is 46.3. The number of aliphatic hydroxyl groups is 2. The van der Waals surface area contributed by atoms with E-state index in [0.29, 0.717) is 0 Å². The predicted octanol–water partition coefficient (Wildman–Crippen LogP) is 6.46. The molecule has 0 aromatic heterocycles. The maximum Gasteiger partial charge on any atom is 0.312 e. The lowest BCUT2D eigenvalue weighted by Crippen LogP contribution is -2.46. The molecule has 3 aliphatic heterocycles. The normalized spacial score (nSPS) is 30.2. The number of ether oxygens (including phenoxy) is 4. The highest BCUT2D eigenvalue weighted by atomic mass is 16.7. The van der Waals surface area contributed by atoms with Crippen molar-refractivity contribution < 1.29 is 63.7 Å². The van der Waals surface area contributed by atoms with E-state index in [9.17, 15) is 39.9 Å². The molecule has 0 fully saturated rings. The zero-order chi connectivity index (χ0) is 43.9. The van der Waals surface area contributed by atoms with Gasteiger partial charge in [-0.05, 0) is 32.4 Å². The lowest BCUT2D eigenvalue weighted by atomic mass is 9.78. The smallest absolute Gasteiger partial charge is 0.312 e. The van der Waals surface area contributed by atoms with Crippen LogP contribution < -0.4 is 10.1 Å². The first-order valence-electron chi connectivity index (χ1n) is 19.7. The number of allylic oxidation sites excluding steroid dienone is 3. The van der Waals surface area contributed by atoms with Crippen molar-refractivity contribution in [2.45, 2.75) is 105 Å². The molecule has 59 heavy (non-hydrogen) atoms. The molecule has 2 aromatic carbocycles. The number of benzene rings is 2. The summed E-state index contributed by atoms with van der Waals surface area (Å²) in [5.41, 5.74) is -0.627. The van der Waals surface area contributed by atoms with Gasteiger partial charge in [0.2, 0.25) is 0 Å². The molecule has 0 radical (unpaired) electrons. The van der Waals surface area contributed by atoms with E-state index in [-0.39, 0.29) is 51.1 Å². The van der Waals surface area contributed by atoms with Crippen LogP contribution in [0.5, 0.6) is 23.0 Å². The second kappa shape index (κ2) is 19.6. The average Bonchev–Trinajstić information content (AvgIpc) is 3.46. The Hall–Kier alpha value is -5.38. The summed E-state index contributed by atoms with van der Waals surface area (Å²) in [6.45, 7) is 14.5. The predicted molar refractivity (Wildman–Crippen MR) is 221 cm³/mol. The zero-order valence-electron chi connectivity index (χ0n) is 35.3. The summed E-state index contributed by atoms with van der Waals surface area (Å²) in [6, 6.07) is 0. The Morgan fingerprint density at radius 1 is 0.966 bits per heavy atom. The first-order valence-corrected chi connectivity index (χ1v) is 19.7. The molecular formula is C44H58N2O13. The number of hydrogen-bond acceptors (Lipinski definition) is 14. The van der Waals surface area contributed by atoms with Crippen LogP contribution in [0.15, 0.2) is 53.4 Å². The number of carbonyl (C=O) groups excluding carboxylic acids is 3. The molecule has 3 heterocycles. The first-order chi connectivity index (χ1) is 27.8. The van der Waals surface area contributed by atoms with Crippen LogP contribution in [0.2, 0.25) is 0 Å². The lowest BCUT2D eigenvalue weighted by Gasteiger charge is -2.38. The van der Waals surface area contributed by atoms with Crippen molar-refractivity contribution in [2.75, 3.05) is 19.0 Å². The second-order valence-corrected chi connectivity index (χ2v) is 15.4. The maximum atomic E-state index is 14.4. The number of nitrogens with one attached hydrogen (secondary N) is 1.